The Morgan fingerprint density at radius 3 is 0.714 bits per heavy atom. The molecule has 0 aromatic heterocycles. The first-order chi connectivity index (χ1) is 12.9. The molecular weight excluding hydrogens is 344 g/mol. The molecule has 0 spiro atoms. The van der Waals surface area contributed by atoms with E-state index in [1.807, 2.05) is 0 Å². The minimum atomic E-state index is 0.209. The second kappa shape index (κ2) is 6.55. The van der Waals surface area contributed by atoms with Crippen LogP contribution in [0.25, 0.3) is 11.1 Å². The summed E-state index contributed by atoms with van der Waals surface area (Å²) in [5, 5.41) is 22.2. The maximum Gasteiger partial charge on any atom is 0.138 e. The summed E-state index contributed by atoms with van der Waals surface area (Å²) < 4.78 is 0. The van der Waals surface area contributed by atoms with Gasteiger partial charge in [-0.2, -0.15) is 0 Å². The van der Waals surface area contributed by atoms with E-state index < -0.39 is 0 Å². The highest BCUT2D eigenvalue weighted by Crippen LogP contribution is 2.49. The van der Waals surface area contributed by atoms with Gasteiger partial charge in [-0.25, -0.2) is 0 Å². The highest BCUT2D eigenvalue weighted by molar-refractivity contribution is 6.08. The van der Waals surface area contributed by atoms with Gasteiger partial charge in [0.05, 0.1) is 11.1 Å². The van der Waals surface area contributed by atoms with E-state index in [9.17, 15) is 10.2 Å². The van der Waals surface area contributed by atoms with Crippen molar-refractivity contribution in [3.63, 3.8) is 0 Å². The Morgan fingerprint density at radius 2 is 0.500 bits per heavy atom. The zero-order chi connectivity index (χ0) is 21.2. The lowest BCUT2D eigenvalue weighted by Crippen LogP contribution is -2.16. The summed E-state index contributed by atoms with van der Waals surface area (Å²) in [4.78, 5) is 0. The van der Waals surface area contributed by atoms with Gasteiger partial charge in [-0.1, -0.05) is 0 Å². The SMILES string of the molecule is Cc1c(C)c(C)c(C2=C(O)C(c3c(C)c(C)c(C)c(C)c3C)=C2O)c(C)c1C. The summed E-state index contributed by atoms with van der Waals surface area (Å²) in [7, 11) is 0. The van der Waals surface area contributed by atoms with Crippen LogP contribution < -0.4 is 0 Å². The predicted octanol–water partition coefficient (Wildman–Crippen LogP) is 7.02. The Bertz CT molecular complexity index is 950. The number of benzene rings is 2. The van der Waals surface area contributed by atoms with Gasteiger partial charge >= 0.3 is 0 Å². The molecule has 0 bridgehead atoms. The van der Waals surface area contributed by atoms with E-state index >= 15 is 0 Å². The van der Waals surface area contributed by atoms with Crippen molar-refractivity contribution in [3.8, 4) is 0 Å². The van der Waals surface area contributed by atoms with E-state index in [0.717, 1.165) is 33.4 Å². The van der Waals surface area contributed by atoms with Gasteiger partial charge in [0.25, 0.3) is 0 Å². The fourth-order valence-corrected chi connectivity index (χ4v) is 4.64. The molecule has 0 amide bonds. The standard InChI is InChI=1S/C26H32O2/c1-11-13(3)17(7)21(18(8)14(11)4)23-25(27)24(26(23)28)22-19(9)15(5)12(2)16(6)20(22)10/h27-28H,1-10H3. The van der Waals surface area contributed by atoms with Gasteiger partial charge in [-0.15, -0.1) is 0 Å². The molecule has 0 saturated heterocycles. The van der Waals surface area contributed by atoms with Crippen molar-refractivity contribution in [1.82, 2.24) is 0 Å². The van der Waals surface area contributed by atoms with Gasteiger partial charge in [-0.05, 0) is 136 Å². The first-order valence-corrected chi connectivity index (χ1v) is 9.95. The molecule has 1 aliphatic carbocycles. The van der Waals surface area contributed by atoms with Gasteiger partial charge in [0.2, 0.25) is 0 Å². The van der Waals surface area contributed by atoms with E-state index in [0.29, 0.717) is 11.1 Å². The van der Waals surface area contributed by atoms with Crippen molar-refractivity contribution in [2.75, 3.05) is 0 Å². The van der Waals surface area contributed by atoms with Crippen LogP contribution in [0.4, 0.5) is 0 Å². The Hall–Kier alpha value is -2.48. The van der Waals surface area contributed by atoms with Crippen LogP contribution in [-0.2, 0) is 0 Å². The average Bonchev–Trinajstić information content (AvgIpc) is 2.68. The highest BCUT2D eigenvalue weighted by Gasteiger charge is 2.36. The molecule has 1 aliphatic rings. The summed E-state index contributed by atoms with van der Waals surface area (Å²) >= 11 is 0. The Balaban J connectivity index is 2.27. The molecule has 0 heterocycles. The van der Waals surface area contributed by atoms with E-state index in [1.165, 1.54) is 33.4 Å². The van der Waals surface area contributed by atoms with Crippen molar-refractivity contribution in [2.24, 2.45) is 0 Å². The Labute approximate surface area is 169 Å². The lowest BCUT2D eigenvalue weighted by atomic mass is 9.75. The van der Waals surface area contributed by atoms with E-state index in [-0.39, 0.29) is 11.5 Å². The quantitative estimate of drug-likeness (QED) is 0.591. The minimum Gasteiger partial charge on any atom is -0.506 e. The highest BCUT2D eigenvalue weighted by atomic mass is 16.3. The molecule has 0 atom stereocenters. The van der Waals surface area contributed by atoms with Crippen molar-refractivity contribution >= 4 is 11.1 Å². The molecule has 3 rings (SSSR count). The monoisotopic (exact) mass is 376 g/mol. The summed E-state index contributed by atoms with van der Waals surface area (Å²) in [5.41, 5.74) is 15.0. The lowest BCUT2D eigenvalue weighted by Gasteiger charge is -2.30. The molecule has 2 aromatic carbocycles. The zero-order valence-corrected chi connectivity index (χ0v) is 18.9. The zero-order valence-electron chi connectivity index (χ0n) is 18.9. The van der Waals surface area contributed by atoms with Crippen molar-refractivity contribution < 1.29 is 10.2 Å². The molecule has 2 N–H and O–H groups in total. The molecule has 0 saturated carbocycles. The molecule has 2 heteroatoms. The lowest BCUT2D eigenvalue weighted by molar-refractivity contribution is 0.389. The minimum absolute atomic E-state index is 0.209. The third-order valence-corrected chi connectivity index (χ3v) is 7.45. The van der Waals surface area contributed by atoms with Crippen LogP contribution in [0.3, 0.4) is 0 Å². The van der Waals surface area contributed by atoms with Gasteiger partial charge < -0.3 is 10.2 Å². The maximum absolute atomic E-state index is 11.1. The van der Waals surface area contributed by atoms with Crippen LogP contribution in [0.2, 0.25) is 0 Å². The molecule has 0 unspecified atom stereocenters. The van der Waals surface area contributed by atoms with Gasteiger partial charge in [-0.3, -0.25) is 0 Å². The van der Waals surface area contributed by atoms with Crippen LogP contribution in [0.1, 0.15) is 66.8 Å². The molecule has 0 fully saturated rings. The smallest absolute Gasteiger partial charge is 0.138 e. The van der Waals surface area contributed by atoms with Crippen molar-refractivity contribution in [1.29, 1.82) is 0 Å². The second-order valence-electron chi connectivity index (χ2n) is 8.45. The third-order valence-electron chi connectivity index (χ3n) is 7.45. The van der Waals surface area contributed by atoms with Crippen LogP contribution in [-0.4, -0.2) is 10.2 Å². The van der Waals surface area contributed by atoms with Crippen LogP contribution in [0.15, 0.2) is 11.5 Å². The fourth-order valence-electron chi connectivity index (χ4n) is 4.64. The topological polar surface area (TPSA) is 40.5 Å². The van der Waals surface area contributed by atoms with Gasteiger partial charge in [0.15, 0.2) is 0 Å². The number of allylic oxidation sites excluding steroid dienone is 2. The van der Waals surface area contributed by atoms with Crippen molar-refractivity contribution in [3.05, 3.63) is 78.3 Å². The number of aliphatic hydroxyl groups excluding tert-OH is 2. The van der Waals surface area contributed by atoms with Gasteiger partial charge in [0, 0.05) is 0 Å². The third kappa shape index (κ3) is 2.47. The average molecular weight is 377 g/mol. The first kappa shape index (κ1) is 20.3. The molecule has 0 aliphatic heterocycles. The number of aliphatic hydroxyl groups is 2. The predicted molar refractivity (Wildman–Crippen MR) is 119 cm³/mol. The number of hydrogen-bond acceptors (Lipinski definition) is 2. The summed E-state index contributed by atoms with van der Waals surface area (Å²) in [5.74, 6) is 0.417. The van der Waals surface area contributed by atoms with E-state index in [2.05, 4.69) is 69.2 Å². The first-order valence-electron chi connectivity index (χ1n) is 9.95. The van der Waals surface area contributed by atoms with E-state index in [4.69, 9.17) is 0 Å². The van der Waals surface area contributed by atoms with Crippen LogP contribution >= 0.6 is 0 Å². The molecule has 0 radical (unpaired) electrons. The summed E-state index contributed by atoms with van der Waals surface area (Å²) in [6, 6.07) is 0. The van der Waals surface area contributed by atoms with E-state index in [1.54, 1.807) is 0 Å². The Morgan fingerprint density at radius 1 is 0.321 bits per heavy atom. The second-order valence-corrected chi connectivity index (χ2v) is 8.45. The van der Waals surface area contributed by atoms with Crippen molar-refractivity contribution in [2.45, 2.75) is 69.2 Å². The normalized spacial score (nSPS) is 14.1. The molecular formula is C26H32O2. The van der Waals surface area contributed by atoms with Crippen LogP contribution in [0.5, 0.6) is 0 Å². The molecule has 28 heavy (non-hydrogen) atoms. The number of hydrogen-bond donors (Lipinski definition) is 2. The fraction of sp³-hybridized carbons (Fsp3) is 0.385. The summed E-state index contributed by atoms with van der Waals surface area (Å²) in [6.45, 7) is 21.0. The summed E-state index contributed by atoms with van der Waals surface area (Å²) in [6.07, 6.45) is 0. The number of rotatable bonds is 2. The van der Waals surface area contributed by atoms with Crippen LogP contribution in [0, 0.1) is 69.2 Å². The molecule has 148 valence electrons. The maximum atomic E-state index is 11.1. The Kier molecular flexibility index (Phi) is 4.74. The molecule has 2 nitrogen and oxygen atoms in total. The molecule has 2 aromatic rings. The van der Waals surface area contributed by atoms with Gasteiger partial charge in [0.1, 0.15) is 11.5 Å². The largest absolute Gasteiger partial charge is 0.506 e.